The third kappa shape index (κ3) is 12.6. The van der Waals surface area contributed by atoms with Crippen LogP contribution in [-0.4, -0.2) is 80.6 Å². The topological polar surface area (TPSA) is 202 Å². The molecular formula is C28H40N2O12P2. The van der Waals surface area contributed by atoms with E-state index in [1.165, 1.54) is 6.07 Å². The summed E-state index contributed by atoms with van der Waals surface area (Å²) in [6.07, 6.45) is 8.53. The number of allylic oxidation sites excluding steroid dienone is 3. The highest BCUT2D eigenvalue weighted by Gasteiger charge is 2.27. The number of benzene rings is 1. The number of amides is 1. The molecule has 0 radical (unpaired) electrons. The largest absolute Gasteiger partial charge is 0.481 e. The van der Waals surface area contributed by atoms with Crippen molar-refractivity contribution in [1.29, 1.82) is 0 Å². The van der Waals surface area contributed by atoms with Gasteiger partial charge in [-0.05, 0) is 56.2 Å². The summed E-state index contributed by atoms with van der Waals surface area (Å²) in [7, 11) is -9.32. The second-order valence-electron chi connectivity index (χ2n) is 10.8. The van der Waals surface area contributed by atoms with Gasteiger partial charge in [-0.1, -0.05) is 30.3 Å². The molecule has 244 valence electrons. The Morgan fingerprint density at radius 2 is 1.68 bits per heavy atom. The van der Waals surface area contributed by atoms with Crippen molar-refractivity contribution in [3.8, 4) is 11.5 Å². The predicted octanol–water partition coefficient (Wildman–Crippen LogP) is 3.73. The van der Waals surface area contributed by atoms with Crippen molar-refractivity contribution in [2.45, 2.75) is 58.5 Å². The molecule has 0 bridgehead atoms. The molecule has 1 saturated heterocycles. The van der Waals surface area contributed by atoms with E-state index in [1.807, 2.05) is 25.2 Å². The van der Waals surface area contributed by atoms with Crippen LogP contribution in [0, 0.1) is 5.92 Å². The number of hydrogen-bond acceptors (Lipinski definition) is 9. The number of nitrogens with zero attached hydrogens (tertiary/aromatic N) is 2. The SMILES string of the molecule is C[C@@H]1C/C=C/[C@H](C)C/C=C/C(=N\OCC(=O)N2CCCCC2)Cc2cc(OCP(=O)(O)O)cc(OCP(=O)(O)O)c2C(=O)O1. The van der Waals surface area contributed by atoms with E-state index < -0.39 is 40.0 Å². The first-order valence-corrected chi connectivity index (χ1v) is 17.8. The Labute approximate surface area is 256 Å². The van der Waals surface area contributed by atoms with Crippen molar-refractivity contribution >= 4 is 32.8 Å². The molecule has 16 heteroatoms. The highest BCUT2D eigenvalue weighted by molar-refractivity contribution is 7.51. The number of likely N-dealkylation sites (tertiary alicyclic amines) is 1. The molecule has 1 aromatic rings. The van der Waals surface area contributed by atoms with Gasteiger partial charge in [-0.25, -0.2) is 4.79 Å². The lowest BCUT2D eigenvalue weighted by Crippen LogP contribution is -2.37. The Morgan fingerprint density at radius 1 is 1.00 bits per heavy atom. The van der Waals surface area contributed by atoms with Crippen molar-refractivity contribution < 1.29 is 57.3 Å². The number of piperidine rings is 1. The number of esters is 1. The number of rotatable bonds is 9. The van der Waals surface area contributed by atoms with Crippen LogP contribution in [0.5, 0.6) is 11.5 Å². The first-order chi connectivity index (χ1) is 20.7. The van der Waals surface area contributed by atoms with Crippen LogP contribution in [0.15, 0.2) is 41.6 Å². The van der Waals surface area contributed by atoms with Crippen LogP contribution < -0.4 is 9.47 Å². The zero-order valence-electron chi connectivity index (χ0n) is 24.7. The fraction of sp³-hybridized carbons (Fsp3) is 0.536. The fourth-order valence-electron chi connectivity index (χ4n) is 4.54. The lowest BCUT2D eigenvalue weighted by atomic mass is 9.98. The van der Waals surface area contributed by atoms with Gasteiger partial charge in [0.1, 0.15) is 23.2 Å². The number of ether oxygens (including phenoxy) is 3. The van der Waals surface area contributed by atoms with E-state index in [2.05, 4.69) is 5.16 Å². The van der Waals surface area contributed by atoms with Gasteiger partial charge in [0.2, 0.25) is 0 Å². The van der Waals surface area contributed by atoms with Crippen LogP contribution in [0.3, 0.4) is 0 Å². The van der Waals surface area contributed by atoms with Gasteiger partial charge in [0.05, 0.1) is 5.71 Å². The third-order valence-corrected chi connectivity index (χ3v) is 7.59. The Hall–Kier alpha value is -2.99. The van der Waals surface area contributed by atoms with Crippen LogP contribution in [-0.2, 0) is 29.9 Å². The normalized spacial score (nSPS) is 22.7. The first kappa shape index (κ1) is 35.5. The van der Waals surface area contributed by atoms with E-state index in [1.54, 1.807) is 17.9 Å². The minimum atomic E-state index is -4.71. The van der Waals surface area contributed by atoms with E-state index in [-0.39, 0.29) is 53.2 Å². The fourth-order valence-corrected chi connectivity index (χ4v) is 5.16. The van der Waals surface area contributed by atoms with Crippen molar-refractivity contribution in [3.05, 3.63) is 47.6 Å². The van der Waals surface area contributed by atoms with Gasteiger partial charge in [-0.2, -0.15) is 0 Å². The molecule has 0 aromatic heterocycles. The molecule has 3 rings (SSSR count). The number of carbonyl (C=O) groups is 2. The number of carbonyl (C=O) groups excluding carboxylic acids is 2. The van der Waals surface area contributed by atoms with E-state index in [4.69, 9.17) is 19.0 Å². The molecule has 1 amide bonds. The van der Waals surface area contributed by atoms with E-state index in [9.17, 15) is 38.3 Å². The summed E-state index contributed by atoms with van der Waals surface area (Å²) in [5.74, 6) is -1.40. The summed E-state index contributed by atoms with van der Waals surface area (Å²) in [4.78, 5) is 70.7. The maximum atomic E-state index is 13.5. The van der Waals surface area contributed by atoms with Gasteiger partial charge >= 0.3 is 21.2 Å². The minimum absolute atomic E-state index is 0.128. The molecule has 2 aliphatic heterocycles. The second-order valence-corrected chi connectivity index (χ2v) is 14.0. The molecule has 0 aliphatic carbocycles. The smallest absolute Gasteiger partial charge is 0.362 e. The highest BCUT2D eigenvalue weighted by atomic mass is 31.2. The quantitative estimate of drug-likeness (QED) is 0.130. The summed E-state index contributed by atoms with van der Waals surface area (Å²) in [6.45, 7) is 4.69. The molecule has 2 aliphatic rings. The summed E-state index contributed by atoms with van der Waals surface area (Å²) >= 11 is 0. The molecule has 0 saturated carbocycles. The lowest BCUT2D eigenvalue weighted by Gasteiger charge is -2.26. The van der Waals surface area contributed by atoms with Gasteiger partial charge in [0, 0.05) is 32.0 Å². The average molecular weight is 659 g/mol. The molecule has 14 nitrogen and oxygen atoms in total. The molecule has 4 N–H and O–H groups in total. The van der Waals surface area contributed by atoms with Crippen molar-refractivity contribution in [2.24, 2.45) is 11.1 Å². The molecule has 1 fully saturated rings. The summed E-state index contributed by atoms with van der Waals surface area (Å²) in [5, 5.41) is 4.16. The Bertz CT molecular complexity index is 1340. The maximum Gasteiger partial charge on any atom is 0.362 e. The lowest BCUT2D eigenvalue weighted by molar-refractivity contribution is -0.137. The van der Waals surface area contributed by atoms with Gasteiger partial charge in [0.25, 0.3) is 5.91 Å². The third-order valence-electron chi connectivity index (χ3n) is 6.66. The van der Waals surface area contributed by atoms with E-state index in [0.717, 1.165) is 25.3 Å². The van der Waals surface area contributed by atoms with Crippen LogP contribution >= 0.6 is 15.2 Å². The Morgan fingerprint density at radius 3 is 2.36 bits per heavy atom. The molecular weight excluding hydrogens is 618 g/mol. The summed E-state index contributed by atoms with van der Waals surface area (Å²) < 4.78 is 39.4. The van der Waals surface area contributed by atoms with Crippen molar-refractivity contribution in [1.82, 2.24) is 4.90 Å². The standard InChI is InChI=1S/C28H40N2O12P2/c1-20-8-6-10-21(2)42-28(32)27-22(15-24(39-18-43(33,34)35)16-25(27)40-19-44(36,37)38)14-23(11-7-9-20)29-41-17-26(31)30-12-4-3-5-13-30/h6-8,11,15-16,20-21H,3-5,9-10,12-14,17-19H2,1-2H3,(H2,33,34,35)(H2,36,37,38)/b8-6+,11-7+,29-23+/t20-,21+/m0/s1. The van der Waals surface area contributed by atoms with Crippen molar-refractivity contribution in [3.63, 3.8) is 0 Å². The maximum absolute atomic E-state index is 13.5. The van der Waals surface area contributed by atoms with Gasteiger partial charge in [-0.3, -0.25) is 13.9 Å². The van der Waals surface area contributed by atoms with Gasteiger partial charge in [-0.15, -0.1) is 0 Å². The number of cyclic esters (lactones) is 1. The van der Waals surface area contributed by atoms with Gasteiger partial charge < -0.3 is 43.5 Å². The Kier molecular flexibility index (Phi) is 13.2. The zero-order chi connectivity index (χ0) is 32.3. The van der Waals surface area contributed by atoms with Crippen LogP contribution in [0.25, 0.3) is 0 Å². The van der Waals surface area contributed by atoms with Crippen LogP contribution in [0.2, 0.25) is 0 Å². The Balaban J connectivity index is 2.05. The molecule has 1 aromatic carbocycles. The summed E-state index contributed by atoms with van der Waals surface area (Å²) in [6, 6.07) is 2.43. The van der Waals surface area contributed by atoms with Crippen molar-refractivity contribution in [2.75, 3.05) is 32.4 Å². The highest BCUT2D eigenvalue weighted by Crippen LogP contribution is 2.39. The minimum Gasteiger partial charge on any atom is -0.481 e. The molecule has 44 heavy (non-hydrogen) atoms. The average Bonchev–Trinajstić information content (AvgIpc) is 2.93. The second kappa shape index (κ2) is 16.4. The molecule has 2 heterocycles. The molecule has 2 atom stereocenters. The summed E-state index contributed by atoms with van der Waals surface area (Å²) in [5.41, 5.74) is 0.245. The number of oxime groups is 1. The monoisotopic (exact) mass is 658 g/mol. The number of fused-ring (bicyclic) bond motifs is 1. The zero-order valence-corrected chi connectivity index (χ0v) is 26.5. The van der Waals surface area contributed by atoms with E-state index >= 15 is 0 Å². The van der Waals surface area contributed by atoms with Crippen LogP contribution in [0.1, 0.15) is 61.9 Å². The van der Waals surface area contributed by atoms with E-state index in [0.29, 0.717) is 25.9 Å². The van der Waals surface area contributed by atoms with Gasteiger partial charge in [0.15, 0.2) is 19.3 Å². The molecule has 0 spiro atoms. The predicted molar refractivity (Wildman–Crippen MR) is 161 cm³/mol. The number of hydrogen-bond donors (Lipinski definition) is 4. The first-order valence-electron chi connectivity index (χ1n) is 14.2. The molecule has 0 unspecified atom stereocenters. The van der Waals surface area contributed by atoms with Crippen LogP contribution in [0.4, 0.5) is 0 Å².